The quantitative estimate of drug-likeness (QED) is 0.885. The summed E-state index contributed by atoms with van der Waals surface area (Å²) in [7, 11) is 0. The van der Waals surface area contributed by atoms with Gasteiger partial charge in [-0.1, -0.05) is 13.8 Å². The summed E-state index contributed by atoms with van der Waals surface area (Å²) >= 11 is 0. The van der Waals surface area contributed by atoms with E-state index in [0.29, 0.717) is 5.92 Å². The van der Waals surface area contributed by atoms with Crippen molar-refractivity contribution in [3.05, 3.63) is 41.9 Å². The molecule has 5 nitrogen and oxygen atoms in total. The van der Waals surface area contributed by atoms with Crippen molar-refractivity contribution in [2.24, 2.45) is 5.92 Å². The van der Waals surface area contributed by atoms with Gasteiger partial charge < -0.3 is 14.3 Å². The van der Waals surface area contributed by atoms with Gasteiger partial charge in [-0.15, -0.1) is 0 Å². The third-order valence-electron chi connectivity index (χ3n) is 3.89. The van der Waals surface area contributed by atoms with Crippen molar-refractivity contribution in [1.29, 1.82) is 0 Å². The number of rotatable bonds is 6. The first-order chi connectivity index (χ1) is 10.2. The number of imidazole rings is 1. The first-order valence-electron chi connectivity index (χ1n) is 7.70. The average molecular weight is 288 g/mol. The zero-order chi connectivity index (χ0) is 14.7. The Morgan fingerprint density at radius 1 is 1.38 bits per heavy atom. The molecule has 5 heteroatoms. The van der Waals surface area contributed by atoms with Crippen molar-refractivity contribution in [1.82, 2.24) is 19.8 Å². The second-order valence-corrected chi connectivity index (χ2v) is 6.14. The van der Waals surface area contributed by atoms with Crippen LogP contribution < -0.4 is 5.32 Å². The van der Waals surface area contributed by atoms with Gasteiger partial charge in [-0.05, 0) is 18.5 Å². The zero-order valence-electron chi connectivity index (χ0n) is 12.9. The zero-order valence-corrected chi connectivity index (χ0v) is 12.9. The van der Waals surface area contributed by atoms with E-state index in [0.717, 1.165) is 50.9 Å². The Morgan fingerprint density at radius 2 is 2.29 bits per heavy atom. The van der Waals surface area contributed by atoms with Crippen LogP contribution in [0.15, 0.2) is 29.1 Å². The van der Waals surface area contributed by atoms with Gasteiger partial charge in [0.25, 0.3) is 0 Å². The van der Waals surface area contributed by atoms with E-state index in [1.807, 2.05) is 6.20 Å². The molecule has 0 aliphatic carbocycles. The molecule has 2 aromatic heterocycles. The summed E-state index contributed by atoms with van der Waals surface area (Å²) in [6, 6.07) is 2.09. The fourth-order valence-electron chi connectivity index (χ4n) is 2.74. The van der Waals surface area contributed by atoms with Crippen LogP contribution in [-0.4, -0.2) is 27.5 Å². The van der Waals surface area contributed by atoms with Gasteiger partial charge in [0.1, 0.15) is 11.6 Å². The van der Waals surface area contributed by atoms with Crippen LogP contribution in [0.3, 0.4) is 0 Å². The third kappa shape index (κ3) is 3.54. The van der Waals surface area contributed by atoms with Gasteiger partial charge in [0.05, 0.1) is 19.4 Å². The maximum atomic E-state index is 5.63. The predicted octanol–water partition coefficient (Wildman–Crippen LogP) is 2.24. The third-order valence-corrected chi connectivity index (χ3v) is 3.89. The normalized spacial score (nSPS) is 15.6. The maximum Gasteiger partial charge on any atom is 0.122 e. The van der Waals surface area contributed by atoms with Crippen LogP contribution in [0.2, 0.25) is 0 Å². The van der Waals surface area contributed by atoms with Crippen LogP contribution in [0.25, 0.3) is 0 Å². The molecule has 21 heavy (non-hydrogen) atoms. The number of aromatic nitrogens is 2. The van der Waals surface area contributed by atoms with Gasteiger partial charge in [-0.2, -0.15) is 0 Å². The first kappa shape index (κ1) is 14.4. The van der Waals surface area contributed by atoms with Crippen LogP contribution in [0.4, 0.5) is 0 Å². The Kier molecular flexibility index (Phi) is 4.41. The minimum absolute atomic E-state index is 0.657. The van der Waals surface area contributed by atoms with Gasteiger partial charge in [0.2, 0.25) is 0 Å². The molecule has 0 saturated heterocycles. The lowest BCUT2D eigenvalue weighted by Crippen LogP contribution is -2.33. The highest BCUT2D eigenvalue weighted by Gasteiger charge is 2.18. The fraction of sp³-hybridized carbons (Fsp3) is 0.562. The Hall–Kier alpha value is -1.59. The summed E-state index contributed by atoms with van der Waals surface area (Å²) in [5.41, 5.74) is 1.28. The highest BCUT2D eigenvalue weighted by atomic mass is 16.3. The largest absolute Gasteiger partial charge is 0.468 e. The molecule has 3 rings (SSSR count). The minimum Gasteiger partial charge on any atom is -0.468 e. The molecule has 0 fully saturated rings. The van der Waals surface area contributed by atoms with Gasteiger partial charge >= 0.3 is 0 Å². The van der Waals surface area contributed by atoms with E-state index in [1.54, 1.807) is 6.26 Å². The van der Waals surface area contributed by atoms with Crippen LogP contribution >= 0.6 is 0 Å². The topological polar surface area (TPSA) is 46.2 Å². The molecule has 0 unspecified atom stereocenters. The summed E-state index contributed by atoms with van der Waals surface area (Å²) < 4.78 is 7.87. The molecular formula is C16H24N4O. The Bertz CT molecular complexity index is 572. The molecule has 0 aromatic carbocycles. The van der Waals surface area contributed by atoms with E-state index in [9.17, 15) is 0 Å². The van der Waals surface area contributed by atoms with E-state index in [4.69, 9.17) is 4.42 Å². The second-order valence-electron chi connectivity index (χ2n) is 6.14. The van der Waals surface area contributed by atoms with E-state index in [2.05, 4.69) is 45.9 Å². The molecular weight excluding hydrogens is 264 g/mol. The first-order valence-corrected chi connectivity index (χ1v) is 7.70. The monoisotopic (exact) mass is 288 g/mol. The molecule has 1 aliphatic rings. The minimum atomic E-state index is 0.657. The molecule has 3 heterocycles. The average Bonchev–Trinajstić information content (AvgIpc) is 3.07. The number of fused-ring (bicyclic) bond motifs is 1. The van der Waals surface area contributed by atoms with E-state index in [1.165, 1.54) is 5.56 Å². The van der Waals surface area contributed by atoms with Crippen molar-refractivity contribution in [3.63, 3.8) is 0 Å². The van der Waals surface area contributed by atoms with Gasteiger partial charge in [0, 0.05) is 37.6 Å². The summed E-state index contributed by atoms with van der Waals surface area (Å²) in [5, 5.41) is 3.45. The van der Waals surface area contributed by atoms with Crippen LogP contribution in [0, 0.1) is 5.92 Å². The molecule has 1 aliphatic heterocycles. The highest BCUT2D eigenvalue weighted by molar-refractivity contribution is 5.17. The second kappa shape index (κ2) is 6.45. The lowest BCUT2D eigenvalue weighted by atomic mass is 10.2. The molecule has 0 spiro atoms. The number of hydrogen-bond donors (Lipinski definition) is 1. The Balaban J connectivity index is 1.57. The van der Waals surface area contributed by atoms with Crippen molar-refractivity contribution in [2.75, 3.05) is 13.1 Å². The van der Waals surface area contributed by atoms with Crippen LogP contribution in [-0.2, 0) is 26.2 Å². The number of nitrogens with one attached hydrogen (secondary N) is 1. The molecule has 114 valence electrons. The summed E-state index contributed by atoms with van der Waals surface area (Å²) in [6.07, 6.45) is 5.75. The standard InChI is InChI=1S/C16H24N4O/c1-13(2)9-17-10-15-14(3-8-21-15)11-19-6-7-20-5-4-18-16(20)12-19/h3-5,8,13,17H,6-7,9-12H2,1-2H3. The smallest absolute Gasteiger partial charge is 0.122 e. The lowest BCUT2D eigenvalue weighted by molar-refractivity contribution is 0.207. The Labute approximate surface area is 126 Å². The van der Waals surface area contributed by atoms with Crippen molar-refractivity contribution < 1.29 is 4.42 Å². The molecule has 0 amide bonds. The van der Waals surface area contributed by atoms with Crippen LogP contribution in [0.1, 0.15) is 31.0 Å². The van der Waals surface area contributed by atoms with Crippen molar-refractivity contribution in [2.45, 2.75) is 40.0 Å². The van der Waals surface area contributed by atoms with E-state index < -0.39 is 0 Å². The van der Waals surface area contributed by atoms with Crippen molar-refractivity contribution >= 4 is 0 Å². The molecule has 0 radical (unpaired) electrons. The summed E-state index contributed by atoms with van der Waals surface area (Å²) in [5.74, 6) is 2.87. The Morgan fingerprint density at radius 3 is 3.14 bits per heavy atom. The highest BCUT2D eigenvalue weighted by Crippen LogP contribution is 2.17. The number of hydrogen-bond acceptors (Lipinski definition) is 4. The number of furan rings is 1. The molecule has 2 aromatic rings. The summed E-state index contributed by atoms with van der Waals surface area (Å²) in [6.45, 7) is 10.2. The van der Waals surface area contributed by atoms with Gasteiger partial charge in [0.15, 0.2) is 0 Å². The molecule has 0 atom stereocenters. The predicted molar refractivity (Wildman–Crippen MR) is 81.6 cm³/mol. The van der Waals surface area contributed by atoms with E-state index >= 15 is 0 Å². The van der Waals surface area contributed by atoms with Crippen LogP contribution in [0.5, 0.6) is 0 Å². The molecule has 0 saturated carbocycles. The molecule has 1 N–H and O–H groups in total. The van der Waals surface area contributed by atoms with Crippen molar-refractivity contribution in [3.8, 4) is 0 Å². The van der Waals surface area contributed by atoms with Gasteiger partial charge in [-0.25, -0.2) is 4.98 Å². The lowest BCUT2D eigenvalue weighted by Gasteiger charge is -2.27. The SMILES string of the molecule is CC(C)CNCc1occc1CN1CCn2ccnc2C1. The number of nitrogens with zero attached hydrogens (tertiary/aromatic N) is 3. The molecule has 0 bridgehead atoms. The fourth-order valence-corrected chi connectivity index (χ4v) is 2.74. The maximum absolute atomic E-state index is 5.63. The van der Waals surface area contributed by atoms with Gasteiger partial charge in [-0.3, -0.25) is 4.90 Å². The van der Waals surface area contributed by atoms with E-state index in [-0.39, 0.29) is 0 Å². The summed E-state index contributed by atoms with van der Waals surface area (Å²) in [4.78, 5) is 6.84.